The SMILES string of the molecule is C=C/C(=C\C(=C)F)Oc1cc(F)c(F)cc1N1CCCC2(CCNCC2)C1. The number of halogens is 3. The maximum absolute atomic E-state index is 14.0. The maximum atomic E-state index is 14.0. The molecule has 2 saturated heterocycles. The van der Waals surface area contributed by atoms with Gasteiger partial charge in [0.1, 0.15) is 11.6 Å². The number of ether oxygens (including phenoxy) is 1. The van der Waals surface area contributed by atoms with E-state index in [1.165, 1.54) is 6.08 Å². The molecule has 6 heteroatoms. The van der Waals surface area contributed by atoms with Crippen LogP contribution in [0.4, 0.5) is 18.9 Å². The summed E-state index contributed by atoms with van der Waals surface area (Å²) in [4.78, 5) is 2.05. The molecule has 2 heterocycles. The molecule has 0 aliphatic carbocycles. The fourth-order valence-electron chi connectivity index (χ4n) is 4.04. The van der Waals surface area contributed by atoms with Crippen LogP contribution >= 0.6 is 0 Å². The molecule has 2 fully saturated rings. The highest BCUT2D eigenvalue weighted by Gasteiger charge is 2.37. The number of hydrogen-bond acceptors (Lipinski definition) is 3. The number of benzene rings is 1. The minimum absolute atomic E-state index is 0.0864. The predicted molar refractivity (Wildman–Crippen MR) is 101 cm³/mol. The number of hydrogen-bond donors (Lipinski definition) is 1. The molecule has 1 aromatic rings. The lowest BCUT2D eigenvalue weighted by molar-refractivity contribution is 0.166. The van der Waals surface area contributed by atoms with Gasteiger partial charge in [-0.1, -0.05) is 13.2 Å². The largest absolute Gasteiger partial charge is 0.455 e. The average Bonchev–Trinajstić information content (AvgIpc) is 2.64. The van der Waals surface area contributed by atoms with Crippen LogP contribution in [0.2, 0.25) is 0 Å². The van der Waals surface area contributed by atoms with E-state index in [1.54, 1.807) is 0 Å². The molecule has 0 saturated carbocycles. The van der Waals surface area contributed by atoms with Crippen molar-refractivity contribution >= 4 is 5.69 Å². The fraction of sp³-hybridized carbons (Fsp3) is 0.429. The first-order valence-corrected chi connectivity index (χ1v) is 9.24. The minimum Gasteiger partial charge on any atom is -0.455 e. The van der Waals surface area contributed by atoms with Crippen LogP contribution in [-0.2, 0) is 0 Å². The van der Waals surface area contributed by atoms with Crippen molar-refractivity contribution in [1.82, 2.24) is 5.32 Å². The predicted octanol–water partition coefficient (Wildman–Crippen LogP) is 4.87. The zero-order chi connectivity index (χ0) is 19.4. The first-order valence-electron chi connectivity index (χ1n) is 9.24. The Bertz CT molecular complexity index is 749. The van der Waals surface area contributed by atoms with Crippen molar-refractivity contribution in [2.75, 3.05) is 31.1 Å². The van der Waals surface area contributed by atoms with Crippen LogP contribution in [0.15, 0.2) is 49.0 Å². The topological polar surface area (TPSA) is 24.5 Å². The van der Waals surface area contributed by atoms with Gasteiger partial charge in [0.2, 0.25) is 0 Å². The van der Waals surface area contributed by atoms with Gasteiger partial charge in [0.25, 0.3) is 0 Å². The summed E-state index contributed by atoms with van der Waals surface area (Å²) in [6, 6.07) is 2.17. The second-order valence-corrected chi connectivity index (χ2v) is 7.31. The smallest absolute Gasteiger partial charge is 0.162 e. The summed E-state index contributed by atoms with van der Waals surface area (Å²) >= 11 is 0. The molecule has 1 spiro atoms. The highest BCUT2D eigenvalue weighted by Crippen LogP contribution is 2.42. The molecule has 3 nitrogen and oxygen atoms in total. The molecular formula is C21H25F3N2O. The van der Waals surface area contributed by atoms with Gasteiger partial charge in [0, 0.05) is 31.3 Å². The number of piperidine rings is 2. The van der Waals surface area contributed by atoms with E-state index >= 15 is 0 Å². The summed E-state index contributed by atoms with van der Waals surface area (Å²) in [5, 5.41) is 3.38. The lowest BCUT2D eigenvalue weighted by Gasteiger charge is -2.46. The summed E-state index contributed by atoms with van der Waals surface area (Å²) < 4.78 is 46.7. The van der Waals surface area contributed by atoms with Crippen molar-refractivity contribution in [2.45, 2.75) is 25.7 Å². The van der Waals surface area contributed by atoms with E-state index in [1.807, 2.05) is 0 Å². The molecule has 1 aromatic carbocycles. The molecule has 2 aliphatic heterocycles. The summed E-state index contributed by atoms with van der Waals surface area (Å²) in [6.07, 6.45) is 6.59. The molecule has 146 valence electrons. The summed E-state index contributed by atoms with van der Waals surface area (Å²) in [5.74, 6) is -2.41. The van der Waals surface area contributed by atoms with E-state index in [4.69, 9.17) is 4.74 Å². The second-order valence-electron chi connectivity index (χ2n) is 7.31. The van der Waals surface area contributed by atoms with Crippen LogP contribution in [0.3, 0.4) is 0 Å². The van der Waals surface area contributed by atoms with E-state index in [0.717, 1.165) is 70.1 Å². The zero-order valence-corrected chi connectivity index (χ0v) is 15.4. The number of nitrogens with one attached hydrogen (secondary N) is 1. The number of nitrogens with zero attached hydrogens (tertiary/aromatic N) is 1. The first kappa shape index (κ1) is 19.5. The Hall–Kier alpha value is -2.21. The zero-order valence-electron chi connectivity index (χ0n) is 15.4. The molecule has 0 unspecified atom stereocenters. The molecule has 0 amide bonds. The van der Waals surface area contributed by atoms with Gasteiger partial charge in [-0.3, -0.25) is 0 Å². The van der Waals surface area contributed by atoms with Crippen molar-refractivity contribution < 1.29 is 17.9 Å². The number of allylic oxidation sites excluding steroid dienone is 3. The van der Waals surface area contributed by atoms with Crippen molar-refractivity contribution in [2.24, 2.45) is 5.41 Å². The molecule has 0 bridgehead atoms. The Morgan fingerprint density at radius 2 is 1.89 bits per heavy atom. The minimum atomic E-state index is -1.01. The van der Waals surface area contributed by atoms with Gasteiger partial charge in [-0.15, -0.1) is 0 Å². The second kappa shape index (κ2) is 8.21. The van der Waals surface area contributed by atoms with E-state index in [9.17, 15) is 13.2 Å². The standard InChI is InChI=1S/C21H25F3N2O/c1-3-16(11-15(2)22)27-20-13-18(24)17(23)12-19(20)26-10-4-5-21(14-26)6-8-25-9-7-21/h3,11-13,25H,1-2,4-10,14H2/b16-11+. The van der Waals surface area contributed by atoms with E-state index in [-0.39, 0.29) is 16.9 Å². The van der Waals surface area contributed by atoms with Crippen LogP contribution in [0.5, 0.6) is 5.75 Å². The number of anilines is 1. The van der Waals surface area contributed by atoms with Crippen molar-refractivity contribution in [3.63, 3.8) is 0 Å². The molecular weight excluding hydrogens is 353 g/mol. The summed E-state index contributed by atoms with van der Waals surface area (Å²) in [7, 11) is 0. The Labute approximate surface area is 158 Å². The average molecular weight is 378 g/mol. The third-order valence-electron chi connectivity index (χ3n) is 5.40. The van der Waals surface area contributed by atoms with Gasteiger partial charge in [-0.25, -0.2) is 13.2 Å². The van der Waals surface area contributed by atoms with Gasteiger partial charge in [-0.05, 0) is 50.3 Å². The van der Waals surface area contributed by atoms with Gasteiger partial charge < -0.3 is 15.0 Å². The Balaban J connectivity index is 1.92. The highest BCUT2D eigenvalue weighted by molar-refractivity contribution is 5.60. The Morgan fingerprint density at radius 1 is 1.19 bits per heavy atom. The molecule has 27 heavy (non-hydrogen) atoms. The fourth-order valence-corrected chi connectivity index (χ4v) is 4.04. The Kier molecular flexibility index (Phi) is 5.95. The van der Waals surface area contributed by atoms with Gasteiger partial charge in [0.05, 0.1) is 5.69 Å². The lowest BCUT2D eigenvalue weighted by atomic mass is 9.73. The monoisotopic (exact) mass is 378 g/mol. The van der Waals surface area contributed by atoms with E-state index in [2.05, 4.69) is 23.4 Å². The van der Waals surface area contributed by atoms with Crippen molar-refractivity contribution in [3.8, 4) is 5.75 Å². The molecule has 0 atom stereocenters. The maximum Gasteiger partial charge on any atom is 0.162 e. The molecule has 2 aliphatic rings. The van der Waals surface area contributed by atoms with Crippen LogP contribution in [0, 0.1) is 17.0 Å². The normalized spacial score (nSPS) is 19.8. The number of rotatable bonds is 5. The third-order valence-corrected chi connectivity index (χ3v) is 5.40. The summed E-state index contributed by atoms with van der Waals surface area (Å²) in [6.45, 7) is 10.2. The lowest BCUT2D eigenvalue weighted by Crippen LogP contribution is -2.48. The quantitative estimate of drug-likeness (QED) is 0.585. The van der Waals surface area contributed by atoms with Gasteiger partial charge in [-0.2, -0.15) is 0 Å². The van der Waals surface area contributed by atoms with E-state index < -0.39 is 17.5 Å². The van der Waals surface area contributed by atoms with Crippen molar-refractivity contribution in [3.05, 3.63) is 60.7 Å². The summed E-state index contributed by atoms with van der Waals surface area (Å²) in [5.41, 5.74) is 0.652. The van der Waals surface area contributed by atoms with Crippen LogP contribution < -0.4 is 15.0 Å². The third kappa shape index (κ3) is 4.56. The highest BCUT2D eigenvalue weighted by atomic mass is 19.2. The molecule has 0 radical (unpaired) electrons. The molecule has 3 rings (SSSR count). The van der Waals surface area contributed by atoms with Gasteiger partial charge in [0.15, 0.2) is 17.4 Å². The molecule has 1 N–H and O–H groups in total. The Morgan fingerprint density at radius 3 is 2.56 bits per heavy atom. The van der Waals surface area contributed by atoms with Crippen molar-refractivity contribution in [1.29, 1.82) is 0 Å². The van der Waals surface area contributed by atoms with E-state index in [0.29, 0.717) is 5.69 Å². The molecule has 0 aromatic heterocycles. The van der Waals surface area contributed by atoms with Gasteiger partial charge >= 0.3 is 0 Å². The van der Waals surface area contributed by atoms with Crippen LogP contribution in [-0.4, -0.2) is 26.2 Å². The van der Waals surface area contributed by atoms with Crippen LogP contribution in [0.1, 0.15) is 25.7 Å². The first-order chi connectivity index (χ1) is 12.9. The van der Waals surface area contributed by atoms with Crippen LogP contribution in [0.25, 0.3) is 0 Å².